The van der Waals surface area contributed by atoms with Crippen molar-refractivity contribution in [3.05, 3.63) is 63.9 Å². The van der Waals surface area contributed by atoms with Gasteiger partial charge in [-0.3, -0.25) is 9.59 Å². The topological polar surface area (TPSA) is 58.2 Å². The van der Waals surface area contributed by atoms with Crippen LogP contribution in [0.3, 0.4) is 0 Å². The van der Waals surface area contributed by atoms with E-state index in [1.54, 1.807) is 6.92 Å². The summed E-state index contributed by atoms with van der Waals surface area (Å²) in [4.78, 5) is 24.5. The second kappa shape index (κ2) is 8.05. The van der Waals surface area contributed by atoms with E-state index in [4.69, 9.17) is 34.8 Å². The van der Waals surface area contributed by atoms with Gasteiger partial charge in [-0.05, 0) is 30.7 Å². The highest BCUT2D eigenvalue weighted by molar-refractivity contribution is 6.53. The van der Waals surface area contributed by atoms with Crippen LogP contribution in [0.25, 0.3) is 0 Å². The highest BCUT2D eigenvalue weighted by Crippen LogP contribution is 2.65. The number of hydrogen-bond donors (Lipinski definition) is 2. The number of amides is 2. The molecule has 0 saturated heterocycles. The summed E-state index contributed by atoms with van der Waals surface area (Å²) in [5.74, 6) is -6.40. The predicted octanol–water partition coefficient (Wildman–Crippen LogP) is 5.03. The second-order valence-corrected chi connectivity index (χ2v) is 8.32. The summed E-state index contributed by atoms with van der Waals surface area (Å²) in [7, 11) is 0. The second-order valence-electron chi connectivity index (χ2n) is 6.47. The molecule has 2 aromatic rings. The summed E-state index contributed by atoms with van der Waals surface area (Å²) < 4.78 is 39.7. The first-order valence-corrected chi connectivity index (χ1v) is 9.62. The largest absolute Gasteiger partial charge is 0.352 e. The molecule has 1 aliphatic rings. The standard InChI is InChI=1S/C19H14Cl3F3N2O2/c1-2-26-17(28)10-6-9(7-13(24)16(10)25)27-18(29)15-14(19(15,21)22)8-3-4-12(23)11(20)5-8/h3-7,14-15H,2H2,1H3,(H,26,28)(H,27,29)/t14-,15+/m0/s1. The molecule has 0 radical (unpaired) electrons. The van der Waals surface area contributed by atoms with Crippen molar-refractivity contribution in [2.24, 2.45) is 5.92 Å². The Bertz CT molecular complexity index is 1000. The number of carbonyl (C=O) groups is 2. The lowest BCUT2D eigenvalue weighted by Gasteiger charge is -2.10. The number of nitrogens with one attached hydrogen (secondary N) is 2. The Morgan fingerprint density at radius 2 is 1.79 bits per heavy atom. The number of rotatable bonds is 5. The third-order valence-electron chi connectivity index (χ3n) is 4.52. The molecule has 2 atom stereocenters. The predicted molar refractivity (Wildman–Crippen MR) is 105 cm³/mol. The van der Waals surface area contributed by atoms with Gasteiger partial charge >= 0.3 is 0 Å². The molecule has 0 heterocycles. The Balaban J connectivity index is 1.83. The van der Waals surface area contributed by atoms with E-state index in [2.05, 4.69) is 10.6 Å². The van der Waals surface area contributed by atoms with Gasteiger partial charge in [0.05, 0.1) is 16.5 Å². The minimum atomic E-state index is -1.49. The zero-order chi connectivity index (χ0) is 21.5. The van der Waals surface area contributed by atoms with Crippen molar-refractivity contribution >= 4 is 52.3 Å². The van der Waals surface area contributed by atoms with E-state index >= 15 is 0 Å². The SMILES string of the molecule is CCNC(=O)c1cc(NC(=O)[C@H]2[C@H](c3ccc(F)c(Cl)c3)C2(Cl)Cl)cc(F)c1F. The maximum Gasteiger partial charge on any atom is 0.254 e. The number of alkyl halides is 2. The molecule has 10 heteroatoms. The molecule has 0 bridgehead atoms. The number of hydrogen-bond acceptors (Lipinski definition) is 2. The van der Waals surface area contributed by atoms with Crippen LogP contribution in [-0.2, 0) is 4.79 Å². The number of halogens is 6. The van der Waals surface area contributed by atoms with E-state index in [0.717, 1.165) is 18.2 Å². The molecule has 154 valence electrons. The summed E-state index contributed by atoms with van der Waals surface area (Å²) >= 11 is 18.2. The molecular formula is C19H14Cl3F3N2O2. The smallest absolute Gasteiger partial charge is 0.254 e. The Morgan fingerprint density at radius 3 is 2.41 bits per heavy atom. The number of anilines is 1. The first kappa shape index (κ1) is 21.7. The van der Waals surface area contributed by atoms with Gasteiger partial charge in [0.25, 0.3) is 5.91 Å². The van der Waals surface area contributed by atoms with Crippen molar-refractivity contribution in [3.8, 4) is 0 Å². The van der Waals surface area contributed by atoms with Crippen molar-refractivity contribution in [2.75, 3.05) is 11.9 Å². The molecule has 0 aromatic heterocycles. The number of carbonyl (C=O) groups excluding carboxylic acids is 2. The molecule has 1 aliphatic carbocycles. The van der Waals surface area contributed by atoms with E-state index in [1.807, 2.05) is 0 Å². The van der Waals surface area contributed by atoms with Crippen LogP contribution in [0.4, 0.5) is 18.9 Å². The molecule has 2 amide bonds. The van der Waals surface area contributed by atoms with E-state index in [9.17, 15) is 22.8 Å². The van der Waals surface area contributed by atoms with Crippen LogP contribution in [0, 0.1) is 23.4 Å². The van der Waals surface area contributed by atoms with Gasteiger partial charge in [0.2, 0.25) is 5.91 Å². The average Bonchev–Trinajstić information content (AvgIpc) is 3.22. The molecule has 1 saturated carbocycles. The number of benzene rings is 2. The summed E-state index contributed by atoms with van der Waals surface area (Å²) in [5, 5.41) is 4.59. The summed E-state index contributed by atoms with van der Waals surface area (Å²) in [6.45, 7) is 1.83. The van der Waals surface area contributed by atoms with Crippen LogP contribution >= 0.6 is 34.8 Å². The Morgan fingerprint density at radius 1 is 1.10 bits per heavy atom. The van der Waals surface area contributed by atoms with E-state index in [0.29, 0.717) is 5.56 Å². The van der Waals surface area contributed by atoms with Crippen LogP contribution < -0.4 is 10.6 Å². The van der Waals surface area contributed by atoms with Gasteiger partial charge < -0.3 is 10.6 Å². The highest BCUT2D eigenvalue weighted by atomic mass is 35.5. The zero-order valence-electron chi connectivity index (χ0n) is 14.8. The van der Waals surface area contributed by atoms with Crippen LogP contribution in [0.5, 0.6) is 0 Å². The molecule has 2 aromatic carbocycles. The van der Waals surface area contributed by atoms with Gasteiger partial charge in [-0.25, -0.2) is 13.2 Å². The molecular weight excluding hydrogens is 452 g/mol. The van der Waals surface area contributed by atoms with Crippen molar-refractivity contribution in [1.29, 1.82) is 0 Å². The minimum absolute atomic E-state index is 0.137. The van der Waals surface area contributed by atoms with Gasteiger partial charge in [0.1, 0.15) is 10.2 Å². The Labute approximate surface area is 179 Å². The van der Waals surface area contributed by atoms with Crippen molar-refractivity contribution in [2.45, 2.75) is 17.2 Å². The molecule has 4 nitrogen and oxygen atoms in total. The first-order chi connectivity index (χ1) is 13.6. The van der Waals surface area contributed by atoms with Crippen molar-refractivity contribution < 1.29 is 22.8 Å². The van der Waals surface area contributed by atoms with Gasteiger partial charge in [-0.2, -0.15) is 0 Å². The highest BCUT2D eigenvalue weighted by Gasteiger charge is 2.67. The Kier molecular flexibility index (Phi) is 6.03. The molecule has 2 N–H and O–H groups in total. The van der Waals surface area contributed by atoms with E-state index < -0.39 is 51.0 Å². The Hall–Kier alpha value is -1.96. The maximum absolute atomic E-state index is 13.9. The van der Waals surface area contributed by atoms with E-state index in [-0.39, 0.29) is 17.3 Å². The average molecular weight is 466 g/mol. The van der Waals surface area contributed by atoms with Gasteiger partial charge in [0.15, 0.2) is 11.6 Å². The molecule has 3 rings (SSSR count). The van der Waals surface area contributed by atoms with Gasteiger partial charge in [0, 0.05) is 24.2 Å². The molecule has 0 spiro atoms. The van der Waals surface area contributed by atoms with Crippen molar-refractivity contribution in [1.82, 2.24) is 5.32 Å². The summed E-state index contributed by atoms with van der Waals surface area (Å²) in [5.41, 5.74) is -0.236. The first-order valence-electron chi connectivity index (χ1n) is 8.48. The third kappa shape index (κ3) is 4.17. The maximum atomic E-state index is 13.9. The summed E-state index contributed by atoms with van der Waals surface area (Å²) in [6.07, 6.45) is 0. The van der Waals surface area contributed by atoms with Gasteiger partial charge in [-0.1, -0.05) is 17.7 Å². The minimum Gasteiger partial charge on any atom is -0.352 e. The molecule has 29 heavy (non-hydrogen) atoms. The van der Waals surface area contributed by atoms with E-state index in [1.165, 1.54) is 12.1 Å². The lowest BCUT2D eigenvalue weighted by Crippen LogP contribution is -2.25. The normalized spacial score (nSPS) is 19.6. The fraction of sp³-hybridized carbons (Fsp3) is 0.263. The quantitative estimate of drug-likeness (QED) is 0.608. The third-order valence-corrected chi connectivity index (χ3v) is 5.75. The zero-order valence-corrected chi connectivity index (χ0v) is 17.1. The van der Waals surface area contributed by atoms with Crippen LogP contribution in [0.1, 0.15) is 28.8 Å². The molecule has 0 aliphatic heterocycles. The fourth-order valence-electron chi connectivity index (χ4n) is 3.08. The van der Waals surface area contributed by atoms with Crippen LogP contribution in [0.2, 0.25) is 5.02 Å². The molecule has 1 fully saturated rings. The molecule has 0 unspecified atom stereocenters. The van der Waals surface area contributed by atoms with Crippen LogP contribution in [-0.4, -0.2) is 22.7 Å². The monoisotopic (exact) mass is 464 g/mol. The van der Waals surface area contributed by atoms with Crippen LogP contribution in [0.15, 0.2) is 30.3 Å². The van der Waals surface area contributed by atoms with Crippen molar-refractivity contribution in [3.63, 3.8) is 0 Å². The fourth-order valence-corrected chi connectivity index (χ4v) is 4.09. The lowest BCUT2D eigenvalue weighted by molar-refractivity contribution is -0.117. The lowest BCUT2D eigenvalue weighted by atomic mass is 10.1. The van der Waals surface area contributed by atoms with Gasteiger partial charge in [-0.15, -0.1) is 23.2 Å². The summed E-state index contributed by atoms with van der Waals surface area (Å²) in [6, 6.07) is 5.61.